The number of benzene rings is 6. The first-order valence-electron chi connectivity index (χ1n) is 17.2. The number of hydrogen-bond acceptors (Lipinski definition) is 2. The maximum atomic E-state index is 5.75. The molecule has 0 unspecified atom stereocenters. The molecule has 0 atom stereocenters. The van der Waals surface area contributed by atoms with E-state index in [1.165, 1.54) is 21.1 Å². The van der Waals surface area contributed by atoms with Crippen molar-refractivity contribution in [2.24, 2.45) is 0 Å². The molecule has 4 aromatic heterocycles. The van der Waals surface area contributed by atoms with Gasteiger partial charge in [0.05, 0.1) is 11.0 Å². The molecule has 4 nitrogen and oxygen atoms in total. The van der Waals surface area contributed by atoms with Crippen molar-refractivity contribution in [1.82, 2.24) is 19.1 Å². The van der Waals surface area contributed by atoms with Gasteiger partial charge < -0.3 is 9.13 Å². The number of rotatable bonds is 6. The van der Waals surface area contributed by atoms with Gasteiger partial charge in [-0.25, -0.2) is 9.97 Å². The van der Waals surface area contributed by atoms with Crippen LogP contribution in [-0.4, -0.2) is 27.2 Å². The van der Waals surface area contributed by atoms with Gasteiger partial charge in [-0.3, -0.25) is 0 Å². The van der Waals surface area contributed by atoms with Crippen LogP contribution in [0.5, 0.6) is 0 Å². The summed E-state index contributed by atoms with van der Waals surface area (Å²) in [5.41, 5.74) is 5.96. The number of hydrogen-bond donors (Lipinski definition) is 0. The number of pyridine rings is 2. The van der Waals surface area contributed by atoms with Crippen molar-refractivity contribution in [1.29, 1.82) is 0 Å². The monoisotopic (exact) mass is 861 g/mol. The molecule has 10 rings (SSSR count). The predicted molar refractivity (Wildman–Crippen MR) is 212 cm³/mol. The Balaban J connectivity index is 0.00000360. The molecular weight excluding hydrogens is 832 g/mol. The molecule has 0 amide bonds. The molecule has 0 aliphatic heterocycles. The summed E-state index contributed by atoms with van der Waals surface area (Å²) in [4.78, 5) is 11.5. The molecule has 0 saturated carbocycles. The van der Waals surface area contributed by atoms with Crippen molar-refractivity contribution in [3.63, 3.8) is 0 Å². The van der Waals surface area contributed by atoms with E-state index in [0.717, 1.165) is 55.1 Å². The van der Waals surface area contributed by atoms with Gasteiger partial charge in [0.1, 0.15) is 11.3 Å². The van der Waals surface area contributed by atoms with Gasteiger partial charge in [-0.1, -0.05) is 108 Å². The van der Waals surface area contributed by atoms with Gasteiger partial charge in [0, 0.05) is 32.2 Å². The molecule has 248 valence electrons. The van der Waals surface area contributed by atoms with Crippen molar-refractivity contribution in [3.05, 3.63) is 194 Å². The van der Waals surface area contributed by atoms with Crippen LogP contribution in [0.25, 0.3) is 55.2 Å². The van der Waals surface area contributed by atoms with Gasteiger partial charge in [0.25, 0.3) is 0 Å². The second-order valence-electron chi connectivity index (χ2n) is 12.8. The van der Waals surface area contributed by atoms with Gasteiger partial charge in [0.2, 0.25) is 8.07 Å². The summed E-state index contributed by atoms with van der Waals surface area (Å²) in [5, 5.41) is 9.03. The maximum Gasteiger partial charge on any atom is 2.00 e. The Morgan fingerprint density at radius 1 is 0.385 bits per heavy atom. The fourth-order valence-electron chi connectivity index (χ4n) is 7.90. The van der Waals surface area contributed by atoms with E-state index >= 15 is 0 Å². The summed E-state index contributed by atoms with van der Waals surface area (Å²) in [6.07, 6.45) is 0. The summed E-state index contributed by atoms with van der Waals surface area (Å²) in [5.74, 6) is 0. The first-order chi connectivity index (χ1) is 25.3. The fraction of sp³-hybridized carbons (Fsp3) is 0. The second kappa shape index (κ2) is 13.0. The third kappa shape index (κ3) is 4.85. The quantitative estimate of drug-likeness (QED) is 0.127. The van der Waals surface area contributed by atoms with E-state index in [9.17, 15) is 0 Å². The first-order valence-corrected chi connectivity index (χ1v) is 19.2. The zero-order valence-corrected chi connectivity index (χ0v) is 31.2. The van der Waals surface area contributed by atoms with Crippen molar-refractivity contribution in [2.45, 2.75) is 0 Å². The molecule has 6 aromatic carbocycles. The normalized spacial score (nSPS) is 11.7. The molecule has 0 N–H and O–H groups in total. The van der Waals surface area contributed by atoms with Crippen LogP contribution >= 0.6 is 0 Å². The Kier molecular flexibility index (Phi) is 8.03. The van der Waals surface area contributed by atoms with Gasteiger partial charge in [-0.05, 0) is 46.8 Å². The molecule has 0 bridgehead atoms. The molecule has 10 aromatic rings. The van der Waals surface area contributed by atoms with E-state index in [-0.39, 0.29) is 21.1 Å². The minimum atomic E-state index is -3.15. The molecule has 0 aliphatic rings. The van der Waals surface area contributed by atoms with Gasteiger partial charge >= 0.3 is 21.1 Å². The average molecular weight is 862 g/mol. The van der Waals surface area contributed by atoms with E-state index < -0.39 is 8.07 Å². The number of aromatic nitrogens is 4. The van der Waals surface area contributed by atoms with E-state index in [1.807, 2.05) is 24.3 Å². The second-order valence-corrected chi connectivity index (χ2v) is 16.5. The molecule has 52 heavy (non-hydrogen) atoms. The molecule has 0 radical (unpaired) electrons. The zero-order valence-electron chi connectivity index (χ0n) is 27.9. The topological polar surface area (TPSA) is 35.6 Å². The third-order valence-corrected chi connectivity index (χ3v) is 14.6. The molecule has 0 saturated heterocycles. The molecule has 6 heteroatoms. The number of nitrogens with zero attached hydrogens (tertiary/aromatic N) is 4. The smallest absolute Gasteiger partial charge is 0.318 e. The van der Waals surface area contributed by atoms with Crippen LogP contribution in [0.3, 0.4) is 0 Å². The number of fused-ring (bicyclic) bond motifs is 6. The Hall–Kier alpha value is -5.87. The van der Waals surface area contributed by atoms with Crippen molar-refractivity contribution >= 4 is 73.0 Å². The van der Waals surface area contributed by atoms with Crippen LogP contribution in [0.15, 0.2) is 182 Å². The molecule has 0 aliphatic carbocycles. The summed E-state index contributed by atoms with van der Waals surface area (Å²) in [6.45, 7) is 0. The predicted octanol–water partition coefficient (Wildman–Crippen LogP) is 7.65. The van der Waals surface area contributed by atoms with Crippen LogP contribution in [0, 0.1) is 12.1 Å². The Morgan fingerprint density at radius 2 is 0.788 bits per heavy atom. The van der Waals surface area contributed by atoms with Gasteiger partial charge in [-0.2, -0.15) is 48.5 Å². The molecule has 0 fully saturated rings. The van der Waals surface area contributed by atoms with Crippen molar-refractivity contribution < 1.29 is 21.1 Å². The summed E-state index contributed by atoms with van der Waals surface area (Å²) < 4.78 is 4.51. The summed E-state index contributed by atoms with van der Waals surface area (Å²) in [6, 6.07) is 71.2. The van der Waals surface area contributed by atoms with E-state index in [2.05, 4.69) is 179 Å². The Labute approximate surface area is 316 Å². The standard InChI is InChI=1S/C46H30N4Si.Pt/c1-5-17-33(18-6-1)49-41-27-15-13-25-37(41)39-29-31-43(47-45(39)49)51(35-21-9-3-10-22-35,36-23-11-4-12-24-36)44-32-30-40-38-26-14-16-28-42(38)50(46(40)48-44)34-19-7-2-8-20-34;/h1-17,19,21-32H;/q-2;+2. The fourth-order valence-corrected chi connectivity index (χ4v) is 12.3. The third-order valence-electron chi connectivity index (χ3n) is 10.1. The van der Waals surface area contributed by atoms with Crippen LogP contribution in [0.1, 0.15) is 0 Å². The van der Waals surface area contributed by atoms with E-state index in [0.29, 0.717) is 0 Å². The zero-order chi connectivity index (χ0) is 33.8. The molecular formula is C46H30N4PtSi. The molecule has 0 spiro atoms. The van der Waals surface area contributed by atoms with Gasteiger partial charge in [-0.15, -0.1) is 12.1 Å². The average Bonchev–Trinajstić information content (AvgIpc) is 3.72. The van der Waals surface area contributed by atoms with E-state index in [1.54, 1.807) is 0 Å². The van der Waals surface area contributed by atoms with Crippen molar-refractivity contribution in [2.75, 3.05) is 0 Å². The van der Waals surface area contributed by atoms with Crippen LogP contribution < -0.4 is 21.0 Å². The minimum absolute atomic E-state index is 0. The maximum absolute atomic E-state index is 5.75. The summed E-state index contributed by atoms with van der Waals surface area (Å²) in [7, 11) is -3.15. The largest absolute Gasteiger partial charge is 2.00 e. The SMILES string of the molecule is [Pt+2].[c-]1ccccc1-n1c2ccccc2c2ccc([Si](c3ccccc3)(c3ccccc3)c3ccc4c5ccccc5n(-c5[c-]cccc5)c4n3)nc21. The van der Waals surface area contributed by atoms with Crippen LogP contribution in [-0.2, 0) is 21.1 Å². The Bertz CT molecular complexity index is 2650. The van der Waals surface area contributed by atoms with E-state index in [4.69, 9.17) is 9.97 Å². The minimum Gasteiger partial charge on any atom is -0.318 e. The Morgan fingerprint density at radius 3 is 1.21 bits per heavy atom. The summed E-state index contributed by atoms with van der Waals surface area (Å²) >= 11 is 0. The van der Waals surface area contributed by atoms with Gasteiger partial charge in [0.15, 0.2) is 0 Å². The number of para-hydroxylation sites is 4. The first kappa shape index (κ1) is 32.1. The van der Waals surface area contributed by atoms with Crippen LogP contribution in [0.4, 0.5) is 0 Å². The van der Waals surface area contributed by atoms with Crippen LogP contribution in [0.2, 0.25) is 0 Å². The molecule has 4 heterocycles. The van der Waals surface area contributed by atoms with Crippen molar-refractivity contribution in [3.8, 4) is 11.4 Å².